The lowest BCUT2D eigenvalue weighted by Crippen LogP contribution is -2.33. The largest absolute Gasteiger partial charge is 0.486 e. The molecular weight excluding hydrogens is 348 g/mol. The number of aromatic nitrogens is 1. The zero-order chi connectivity index (χ0) is 18.4. The van der Waals surface area contributed by atoms with Crippen molar-refractivity contribution < 1.29 is 9.53 Å². The lowest BCUT2D eigenvalue weighted by molar-refractivity contribution is 0.176. The van der Waals surface area contributed by atoms with Crippen molar-refractivity contribution in [2.24, 2.45) is 5.92 Å². The highest BCUT2D eigenvalue weighted by Gasteiger charge is 2.16. The minimum Gasteiger partial charge on any atom is -0.486 e. The molecule has 7 heteroatoms. The van der Waals surface area contributed by atoms with Gasteiger partial charge in [0.05, 0.1) is 13.3 Å². The van der Waals surface area contributed by atoms with Crippen molar-refractivity contribution in [3.63, 3.8) is 0 Å². The SMILES string of the molecule is COc1cnc(NC(=O)NCc2ccc(CN3CCC[C@H](C)C3)cc2)s1. The summed E-state index contributed by atoms with van der Waals surface area (Å²) in [6, 6.07) is 8.19. The number of benzene rings is 1. The highest BCUT2D eigenvalue weighted by molar-refractivity contribution is 7.17. The molecule has 1 aliphatic heterocycles. The van der Waals surface area contributed by atoms with E-state index in [0.717, 1.165) is 18.0 Å². The first-order chi connectivity index (χ1) is 12.6. The van der Waals surface area contributed by atoms with Crippen LogP contribution in [0.1, 0.15) is 30.9 Å². The second kappa shape index (κ2) is 9.00. The maximum absolute atomic E-state index is 11.9. The second-order valence-electron chi connectivity index (χ2n) is 6.80. The molecule has 0 unspecified atom stereocenters. The molecule has 6 nitrogen and oxygen atoms in total. The van der Waals surface area contributed by atoms with Gasteiger partial charge in [-0.25, -0.2) is 9.78 Å². The summed E-state index contributed by atoms with van der Waals surface area (Å²) in [6.45, 7) is 6.19. The predicted molar refractivity (Wildman–Crippen MR) is 105 cm³/mol. The molecule has 2 N–H and O–H groups in total. The van der Waals surface area contributed by atoms with Crippen molar-refractivity contribution >= 4 is 22.5 Å². The Bertz CT molecular complexity index is 717. The number of nitrogens with zero attached hydrogens (tertiary/aromatic N) is 2. The zero-order valence-electron chi connectivity index (χ0n) is 15.3. The Hall–Kier alpha value is -2.12. The molecule has 2 aromatic rings. The van der Waals surface area contributed by atoms with E-state index in [-0.39, 0.29) is 6.03 Å². The maximum Gasteiger partial charge on any atom is 0.321 e. The van der Waals surface area contributed by atoms with E-state index >= 15 is 0 Å². The Morgan fingerprint density at radius 1 is 1.35 bits per heavy atom. The number of methoxy groups -OCH3 is 1. The van der Waals surface area contributed by atoms with E-state index in [1.54, 1.807) is 13.3 Å². The molecule has 1 aliphatic rings. The molecule has 3 rings (SSSR count). The van der Waals surface area contributed by atoms with E-state index in [2.05, 4.69) is 51.7 Å². The summed E-state index contributed by atoms with van der Waals surface area (Å²) < 4.78 is 5.06. The molecule has 1 saturated heterocycles. The number of urea groups is 1. The molecule has 1 aromatic carbocycles. The number of carbonyl (C=O) groups excluding carboxylic acids is 1. The van der Waals surface area contributed by atoms with Crippen LogP contribution in [0.15, 0.2) is 30.5 Å². The van der Waals surface area contributed by atoms with Crippen molar-refractivity contribution in [3.05, 3.63) is 41.6 Å². The second-order valence-corrected chi connectivity index (χ2v) is 7.79. The Morgan fingerprint density at radius 3 is 2.81 bits per heavy atom. The quantitative estimate of drug-likeness (QED) is 0.809. The number of carbonyl (C=O) groups is 1. The van der Waals surface area contributed by atoms with E-state index in [0.29, 0.717) is 16.7 Å². The smallest absolute Gasteiger partial charge is 0.321 e. The number of ether oxygens (including phenoxy) is 1. The van der Waals surface area contributed by atoms with Gasteiger partial charge < -0.3 is 10.1 Å². The van der Waals surface area contributed by atoms with Crippen LogP contribution >= 0.6 is 11.3 Å². The standard InChI is InChI=1S/C19H26N4O2S/c1-14-4-3-9-23(12-14)13-16-7-5-15(6-8-16)10-20-18(24)22-19-21-11-17(25-2)26-19/h5-8,11,14H,3-4,9-10,12-13H2,1-2H3,(H2,20,21,22,24)/t14-/m0/s1. The van der Waals surface area contributed by atoms with Gasteiger partial charge in [-0.1, -0.05) is 42.5 Å². The number of nitrogens with one attached hydrogen (secondary N) is 2. The molecule has 0 saturated carbocycles. The van der Waals surface area contributed by atoms with Gasteiger partial charge in [0.2, 0.25) is 0 Å². The summed E-state index contributed by atoms with van der Waals surface area (Å²) in [5, 5.41) is 6.74. The van der Waals surface area contributed by atoms with Crippen LogP contribution in [0.2, 0.25) is 0 Å². The molecule has 1 fully saturated rings. The summed E-state index contributed by atoms with van der Waals surface area (Å²) in [6.07, 6.45) is 4.22. The van der Waals surface area contributed by atoms with E-state index in [9.17, 15) is 4.79 Å². The van der Waals surface area contributed by atoms with Crippen LogP contribution in [-0.2, 0) is 13.1 Å². The summed E-state index contributed by atoms with van der Waals surface area (Å²) in [7, 11) is 1.58. The Labute approximate surface area is 158 Å². The molecular formula is C19H26N4O2S. The average Bonchev–Trinajstić information content (AvgIpc) is 3.09. The molecule has 2 heterocycles. The minimum absolute atomic E-state index is 0.270. The van der Waals surface area contributed by atoms with Gasteiger partial charge in [-0.05, 0) is 36.4 Å². The number of hydrogen-bond acceptors (Lipinski definition) is 5. The van der Waals surface area contributed by atoms with E-state index in [1.165, 1.54) is 42.8 Å². The number of rotatable bonds is 6. The van der Waals surface area contributed by atoms with Crippen LogP contribution in [0, 0.1) is 5.92 Å². The summed E-state index contributed by atoms with van der Waals surface area (Å²) in [4.78, 5) is 18.5. The van der Waals surface area contributed by atoms with Crippen molar-refractivity contribution in [1.29, 1.82) is 0 Å². The summed E-state index contributed by atoms with van der Waals surface area (Å²) in [5.74, 6) is 0.795. The third-order valence-electron chi connectivity index (χ3n) is 4.53. The topological polar surface area (TPSA) is 66.5 Å². The number of anilines is 1. The average molecular weight is 375 g/mol. The van der Waals surface area contributed by atoms with Crippen molar-refractivity contribution in [3.8, 4) is 5.06 Å². The Kier molecular flexibility index (Phi) is 6.46. The number of likely N-dealkylation sites (tertiary alicyclic amines) is 1. The first-order valence-corrected chi connectivity index (χ1v) is 9.79. The van der Waals surface area contributed by atoms with Crippen LogP contribution in [0.25, 0.3) is 0 Å². The molecule has 1 aromatic heterocycles. The molecule has 140 valence electrons. The number of thiazole rings is 1. The molecule has 0 aliphatic carbocycles. The lowest BCUT2D eigenvalue weighted by Gasteiger charge is -2.30. The molecule has 2 amide bonds. The van der Waals surface area contributed by atoms with Crippen LogP contribution in [-0.4, -0.2) is 36.1 Å². The van der Waals surface area contributed by atoms with Gasteiger partial charge >= 0.3 is 6.03 Å². The predicted octanol–water partition coefficient (Wildman–Crippen LogP) is 3.71. The van der Waals surface area contributed by atoms with Gasteiger partial charge in [-0.3, -0.25) is 10.2 Å². The first kappa shape index (κ1) is 18.7. The Balaban J connectivity index is 1.44. The van der Waals surface area contributed by atoms with E-state index < -0.39 is 0 Å². The molecule has 0 spiro atoms. The fourth-order valence-corrected chi connectivity index (χ4v) is 3.81. The fourth-order valence-electron chi connectivity index (χ4n) is 3.19. The van der Waals surface area contributed by atoms with Gasteiger partial charge in [-0.2, -0.15) is 0 Å². The van der Waals surface area contributed by atoms with Gasteiger partial charge in [0.15, 0.2) is 10.2 Å². The third-order valence-corrected chi connectivity index (χ3v) is 5.40. The lowest BCUT2D eigenvalue weighted by atomic mass is 9.99. The summed E-state index contributed by atoms with van der Waals surface area (Å²) >= 11 is 1.29. The van der Waals surface area contributed by atoms with Crippen LogP contribution in [0.5, 0.6) is 5.06 Å². The molecule has 0 bridgehead atoms. The third kappa shape index (κ3) is 5.44. The van der Waals surface area contributed by atoms with E-state index in [1.807, 2.05) is 0 Å². The zero-order valence-corrected chi connectivity index (χ0v) is 16.1. The summed E-state index contributed by atoms with van der Waals surface area (Å²) in [5.41, 5.74) is 2.40. The molecule has 0 radical (unpaired) electrons. The van der Waals surface area contributed by atoms with Crippen molar-refractivity contribution in [2.75, 3.05) is 25.5 Å². The minimum atomic E-state index is -0.270. The van der Waals surface area contributed by atoms with Crippen LogP contribution < -0.4 is 15.4 Å². The van der Waals surface area contributed by atoms with Crippen LogP contribution in [0.3, 0.4) is 0 Å². The maximum atomic E-state index is 11.9. The van der Waals surface area contributed by atoms with Gasteiger partial charge in [0, 0.05) is 19.6 Å². The van der Waals surface area contributed by atoms with Crippen LogP contribution in [0.4, 0.5) is 9.93 Å². The number of piperidine rings is 1. The van der Waals surface area contributed by atoms with Crippen molar-refractivity contribution in [2.45, 2.75) is 32.9 Å². The van der Waals surface area contributed by atoms with E-state index in [4.69, 9.17) is 4.74 Å². The number of hydrogen-bond donors (Lipinski definition) is 2. The first-order valence-electron chi connectivity index (χ1n) is 8.97. The normalized spacial score (nSPS) is 17.7. The monoisotopic (exact) mass is 374 g/mol. The van der Waals surface area contributed by atoms with Gasteiger partial charge in [-0.15, -0.1) is 0 Å². The highest BCUT2D eigenvalue weighted by Crippen LogP contribution is 2.24. The van der Waals surface area contributed by atoms with Crippen molar-refractivity contribution in [1.82, 2.24) is 15.2 Å². The Morgan fingerprint density at radius 2 is 2.12 bits per heavy atom. The fraction of sp³-hybridized carbons (Fsp3) is 0.474. The van der Waals surface area contributed by atoms with Gasteiger partial charge in [0.1, 0.15) is 0 Å². The molecule has 26 heavy (non-hydrogen) atoms. The number of amides is 2. The highest BCUT2D eigenvalue weighted by atomic mass is 32.1. The molecule has 1 atom stereocenters. The van der Waals surface area contributed by atoms with Gasteiger partial charge in [0.25, 0.3) is 0 Å².